The number of aromatic nitrogens is 2. The maximum absolute atomic E-state index is 11.2. The SMILES string of the molecule is CNC(=O)c1ccc(NC(C)(C)C(N)=O)nn1. The molecule has 1 aromatic heterocycles. The lowest BCUT2D eigenvalue weighted by atomic mass is 10.1. The van der Waals surface area contributed by atoms with E-state index in [9.17, 15) is 9.59 Å². The normalized spacial score (nSPS) is 10.8. The van der Waals surface area contributed by atoms with Crippen molar-refractivity contribution in [1.82, 2.24) is 15.5 Å². The largest absolute Gasteiger partial charge is 0.368 e. The Balaban J connectivity index is 2.82. The number of nitrogens with one attached hydrogen (secondary N) is 2. The summed E-state index contributed by atoms with van der Waals surface area (Å²) in [7, 11) is 1.51. The van der Waals surface area contributed by atoms with Crippen molar-refractivity contribution in [2.24, 2.45) is 5.73 Å². The van der Waals surface area contributed by atoms with Crippen molar-refractivity contribution in [3.63, 3.8) is 0 Å². The smallest absolute Gasteiger partial charge is 0.271 e. The van der Waals surface area contributed by atoms with Gasteiger partial charge in [-0.1, -0.05) is 0 Å². The molecule has 0 atom stereocenters. The number of anilines is 1. The molecule has 0 bridgehead atoms. The predicted octanol–water partition coefficient (Wildman–Crippen LogP) is -0.488. The van der Waals surface area contributed by atoms with Crippen LogP contribution in [0, 0.1) is 0 Å². The van der Waals surface area contributed by atoms with Crippen LogP contribution in [-0.2, 0) is 4.79 Å². The summed E-state index contributed by atoms with van der Waals surface area (Å²) >= 11 is 0. The molecule has 0 aliphatic carbocycles. The molecule has 1 heterocycles. The van der Waals surface area contributed by atoms with Crippen LogP contribution in [0.5, 0.6) is 0 Å². The van der Waals surface area contributed by atoms with Gasteiger partial charge in [-0.25, -0.2) is 0 Å². The quantitative estimate of drug-likeness (QED) is 0.654. The molecular formula is C10H15N5O2. The Labute approximate surface area is 98.8 Å². The van der Waals surface area contributed by atoms with E-state index in [1.165, 1.54) is 13.1 Å². The second kappa shape index (κ2) is 4.77. The Bertz CT molecular complexity index is 427. The molecule has 0 aliphatic heterocycles. The van der Waals surface area contributed by atoms with Gasteiger partial charge in [0.2, 0.25) is 5.91 Å². The molecule has 0 saturated heterocycles. The van der Waals surface area contributed by atoms with Crippen molar-refractivity contribution < 1.29 is 9.59 Å². The van der Waals surface area contributed by atoms with Crippen LogP contribution in [0.3, 0.4) is 0 Å². The fourth-order valence-corrected chi connectivity index (χ4v) is 1.03. The average molecular weight is 237 g/mol. The van der Waals surface area contributed by atoms with Gasteiger partial charge in [0.15, 0.2) is 5.69 Å². The fourth-order valence-electron chi connectivity index (χ4n) is 1.03. The molecule has 0 aliphatic rings. The molecule has 1 aromatic rings. The Hall–Kier alpha value is -2.18. The second-order valence-electron chi connectivity index (χ2n) is 4.00. The lowest BCUT2D eigenvalue weighted by molar-refractivity contribution is -0.121. The van der Waals surface area contributed by atoms with Crippen LogP contribution >= 0.6 is 0 Å². The summed E-state index contributed by atoms with van der Waals surface area (Å²) in [6, 6.07) is 3.06. The molecule has 0 aromatic carbocycles. The predicted molar refractivity (Wildman–Crippen MR) is 62.3 cm³/mol. The summed E-state index contributed by atoms with van der Waals surface area (Å²) in [6.45, 7) is 3.26. The van der Waals surface area contributed by atoms with Gasteiger partial charge in [-0.15, -0.1) is 10.2 Å². The Kier molecular flexibility index (Phi) is 3.62. The minimum Gasteiger partial charge on any atom is -0.368 e. The number of primary amides is 1. The summed E-state index contributed by atoms with van der Waals surface area (Å²) in [5, 5.41) is 12.8. The molecule has 7 heteroatoms. The molecular weight excluding hydrogens is 222 g/mol. The van der Waals surface area contributed by atoms with Crippen LogP contribution in [0.15, 0.2) is 12.1 Å². The first-order valence-corrected chi connectivity index (χ1v) is 5.00. The molecule has 0 spiro atoms. The van der Waals surface area contributed by atoms with E-state index in [0.29, 0.717) is 5.82 Å². The van der Waals surface area contributed by atoms with Gasteiger partial charge in [-0.05, 0) is 26.0 Å². The van der Waals surface area contributed by atoms with Crippen molar-refractivity contribution >= 4 is 17.6 Å². The lowest BCUT2D eigenvalue weighted by Gasteiger charge is -2.22. The van der Waals surface area contributed by atoms with E-state index in [0.717, 1.165) is 0 Å². The third kappa shape index (κ3) is 3.13. The van der Waals surface area contributed by atoms with Crippen LogP contribution in [-0.4, -0.2) is 34.6 Å². The van der Waals surface area contributed by atoms with Crippen LogP contribution in [0.1, 0.15) is 24.3 Å². The highest BCUT2D eigenvalue weighted by molar-refractivity contribution is 5.92. The van der Waals surface area contributed by atoms with Gasteiger partial charge in [0, 0.05) is 7.05 Å². The van der Waals surface area contributed by atoms with Crippen LogP contribution < -0.4 is 16.4 Å². The van der Waals surface area contributed by atoms with E-state index in [-0.39, 0.29) is 11.6 Å². The highest BCUT2D eigenvalue weighted by atomic mass is 16.2. The van der Waals surface area contributed by atoms with Crippen molar-refractivity contribution in [1.29, 1.82) is 0 Å². The fraction of sp³-hybridized carbons (Fsp3) is 0.400. The zero-order chi connectivity index (χ0) is 13.1. The molecule has 0 radical (unpaired) electrons. The number of amides is 2. The summed E-state index contributed by atoms with van der Waals surface area (Å²) in [5.74, 6) is -0.450. The number of rotatable bonds is 4. The van der Waals surface area contributed by atoms with Crippen molar-refractivity contribution in [3.05, 3.63) is 17.8 Å². The lowest BCUT2D eigenvalue weighted by Crippen LogP contribution is -2.45. The summed E-state index contributed by atoms with van der Waals surface area (Å²) in [6.07, 6.45) is 0. The first-order chi connectivity index (χ1) is 7.86. The van der Waals surface area contributed by atoms with Gasteiger partial charge in [0.25, 0.3) is 5.91 Å². The van der Waals surface area contributed by atoms with Gasteiger partial charge in [-0.3, -0.25) is 9.59 Å². The third-order valence-corrected chi connectivity index (χ3v) is 2.18. The first kappa shape index (κ1) is 12.9. The highest BCUT2D eigenvalue weighted by Crippen LogP contribution is 2.11. The molecule has 17 heavy (non-hydrogen) atoms. The van der Waals surface area contributed by atoms with Crippen LogP contribution in [0.4, 0.5) is 5.82 Å². The van der Waals surface area contributed by atoms with Gasteiger partial charge < -0.3 is 16.4 Å². The van der Waals surface area contributed by atoms with Crippen LogP contribution in [0.2, 0.25) is 0 Å². The van der Waals surface area contributed by atoms with Crippen molar-refractivity contribution in [2.45, 2.75) is 19.4 Å². The Morgan fingerprint density at radius 3 is 2.35 bits per heavy atom. The van der Waals surface area contributed by atoms with Crippen molar-refractivity contribution in [2.75, 3.05) is 12.4 Å². The number of nitrogens with two attached hydrogens (primary N) is 1. The topological polar surface area (TPSA) is 110 Å². The first-order valence-electron chi connectivity index (χ1n) is 5.00. The molecule has 1 rings (SSSR count). The van der Waals surface area contributed by atoms with E-state index in [1.807, 2.05) is 0 Å². The van der Waals surface area contributed by atoms with E-state index in [4.69, 9.17) is 5.73 Å². The maximum atomic E-state index is 11.2. The summed E-state index contributed by atoms with van der Waals surface area (Å²) in [4.78, 5) is 22.3. The van der Waals surface area contributed by atoms with E-state index in [1.54, 1.807) is 19.9 Å². The van der Waals surface area contributed by atoms with Gasteiger partial charge in [0.05, 0.1) is 0 Å². The maximum Gasteiger partial charge on any atom is 0.271 e. The van der Waals surface area contributed by atoms with Crippen LogP contribution in [0.25, 0.3) is 0 Å². The average Bonchev–Trinajstić information content (AvgIpc) is 2.28. The number of hydrogen-bond acceptors (Lipinski definition) is 5. The van der Waals surface area contributed by atoms with Gasteiger partial charge in [-0.2, -0.15) is 0 Å². The minimum atomic E-state index is -0.927. The molecule has 7 nitrogen and oxygen atoms in total. The summed E-state index contributed by atoms with van der Waals surface area (Å²) < 4.78 is 0. The van der Waals surface area contributed by atoms with Crippen molar-refractivity contribution in [3.8, 4) is 0 Å². The monoisotopic (exact) mass is 237 g/mol. The zero-order valence-electron chi connectivity index (χ0n) is 9.94. The molecule has 92 valence electrons. The van der Waals surface area contributed by atoms with E-state index < -0.39 is 11.4 Å². The van der Waals surface area contributed by atoms with E-state index >= 15 is 0 Å². The minimum absolute atomic E-state index is 0.204. The van der Waals surface area contributed by atoms with E-state index in [2.05, 4.69) is 20.8 Å². The number of carbonyl (C=O) groups is 2. The Morgan fingerprint density at radius 1 is 1.29 bits per heavy atom. The second-order valence-corrected chi connectivity index (χ2v) is 4.00. The molecule has 0 saturated carbocycles. The highest BCUT2D eigenvalue weighted by Gasteiger charge is 2.25. The molecule has 0 fully saturated rings. The number of nitrogens with zero attached hydrogens (tertiary/aromatic N) is 2. The molecule has 4 N–H and O–H groups in total. The zero-order valence-corrected chi connectivity index (χ0v) is 9.94. The molecule has 0 unspecified atom stereocenters. The molecule has 2 amide bonds. The Morgan fingerprint density at radius 2 is 1.94 bits per heavy atom. The standard InChI is InChI=1S/C10H15N5O2/c1-10(2,9(11)17)13-7-5-4-6(14-15-7)8(16)12-3/h4-5H,1-3H3,(H2,11,17)(H,12,16)(H,13,15). The number of hydrogen-bond donors (Lipinski definition) is 3. The third-order valence-electron chi connectivity index (χ3n) is 2.18. The van der Waals surface area contributed by atoms with Gasteiger partial charge in [0.1, 0.15) is 11.4 Å². The summed E-state index contributed by atoms with van der Waals surface area (Å²) in [5.41, 5.74) is 4.48. The number of carbonyl (C=O) groups excluding carboxylic acids is 2. The van der Waals surface area contributed by atoms with Gasteiger partial charge >= 0.3 is 0 Å².